The van der Waals surface area contributed by atoms with E-state index in [-0.39, 0.29) is 11.3 Å². The van der Waals surface area contributed by atoms with Crippen LogP contribution in [0, 0.1) is 17.5 Å². The molecular weight excluding hydrogens is 215 g/mol. The topological polar surface area (TPSA) is 12.4 Å². The Hall–Kier alpha value is -1.58. The summed E-state index contributed by atoms with van der Waals surface area (Å²) in [6.45, 7) is 1.77. The third kappa shape index (κ3) is 1.87. The van der Waals surface area contributed by atoms with E-state index >= 15 is 0 Å². The van der Waals surface area contributed by atoms with Gasteiger partial charge in [0.15, 0.2) is 0 Å². The molecule has 0 fully saturated rings. The molecule has 4 heteroatoms. The lowest BCUT2D eigenvalue weighted by Crippen LogP contribution is -2.01. The Balaban J connectivity index is 2.60. The van der Waals surface area contributed by atoms with Gasteiger partial charge in [-0.3, -0.25) is 4.99 Å². The maximum atomic E-state index is 13.5. The van der Waals surface area contributed by atoms with E-state index in [1.807, 2.05) is 0 Å². The lowest BCUT2D eigenvalue weighted by atomic mass is 10.0. The summed E-state index contributed by atoms with van der Waals surface area (Å²) in [4.78, 5) is 3.98. The van der Waals surface area contributed by atoms with E-state index in [2.05, 4.69) is 4.99 Å². The maximum Gasteiger partial charge on any atom is 0.138 e. The molecule has 1 heterocycles. The average molecular weight is 225 g/mol. The lowest BCUT2D eigenvalue weighted by Gasteiger charge is -2.13. The zero-order valence-electron chi connectivity index (χ0n) is 8.73. The van der Waals surface area contributed by atoms with Crippen LogP contribution >= 0.6 is 0 Å². The van der Waals surface area contributed by atoms with E-state index in [1.165, 1.54) is 0 Å². The van der Waals surface area contributed by atoms with Gasteiger partial charge in [-0.15, -0.1) is 0 Å². The molecule has 0 amide bonds. The Kier molecular flexibility index (Phi) is 2.81. The second-order valence-corrected chi connectivity index (χ2v) is 3.72. The van der Waals surface area contributed by atoms with Crippen molar-refractivity contribution in [1.82, 2.24) is 0 Å². The molecule has 0 aromatic heterocycles. The molecule has 0 unspecified atom stereocenters. The molecule has 1 aromatic carbocycles. The Bertz CT molecular complexity index is 466. The summed E-state index contributed by atoms with van der Waals surface area (Å²) in [6.07, 6.45) is 3.10. The molecule has 0 saturated carbocycles. The van der Waals surface area contributed by atoms with E-state index in [0.29, 0.717) is 12.1 Å². The van der Waals surface area contributed by atoms with Crippen LogP contribution in [-0.4, -0.2) is 6.21 Å². The minimum atomic E-state index is -0.920. The third-order valence-corrected chi connectivity index (χ3v) is 2.52. The zero-order valence-corrected chi connectivity index (χ0v) is 8.73. The van der Waals surface area contributed by atoms with Crippen molar-refractivity contribution in [3.63, 3.8) is 0 Å². The van der Waals surface area contributed by atoms with E-state index in [9.17, 15) is 13.2 Å². The number of allylic oxidation sites excluding steroid dienone is 1. The predicted octanol–water partition coefficient (Wildman–Crippen LogP) is 3.70. The summed E-state index contributed by atoms with van der Waals surface area (Å²) in [7, 11) is 0. The Labute approximate surface area is 91.3 Å². The van der Waals surface area contributed by atoms with Crippen LogP contribution in [0.4, 0.5) is 13.2 Å². The molecule has 0 spiro atoms. The van der Waals surface area contributed by atoms with Crippen molar-refractivity contribution in [2.75, 3.05) is 0 Å². The Morgan fingerprint density at radius 1 is 1.12 bits per heavy atom. The molecule has 0 aliphatic carbocycles. The summed E-state index contributed by atoms with van der Waals surface area (Å²) in [5.74, 6) is -2.74. The number of benzene rings is 1. The van der Waals surface area contributed by atoms with Gasteiger partial charge in [0.25, 0.3) is 0 Å². The van der Waals surface area contributed by atoms with Gasteiger partial charge in [0.05, 0.1) is 11.3 Å². The quantitative estimate of drug-likeness (QED) is 0.691. The van der Waals surface area contributed by atoms with E-state index < -0.39 is 17.5 Å². The molecule has 0 atom stereocenters. The van der Waals surface area contributed by atoms with Crippen LogP contribution in [0.2, 0.25) is 0 Å². The van der Waals surface area contributed by atoms with Crippen LogP contribution in [-0.2, 0) is 0 Å². The van der Waals surface area contributed by atoms with E-state index in [1.54, 1.807) is 13.1 Å². The van der Waals surface area contributed by atoms with Crippen molar-refractivity contribution in [1.29, 1.82) is 0 Å². The number of hydrogen-bond donors (Lipinski definition) is 0. The number of nitrogens with zero attached hydrogens (tertiary/aromatic N) is 1. The highest BCUT2D eigenvalue weighted by Crippen LogP contribution is 2.30. The minimum Gasteiger partial charge on any atom is -0.260 e. The van der Waals surface area contributed by atoms with Crippen LogP contribution < -0.4 is 0 Å². The van der Waals surface area contributed by atoms with Crippen LogP contribution in [0.15, 0.2) is 22.7 Å². The largest absolute Gasteiger partial charge is 0.260 e. The highest BCUT2D eigenvalue weighted by molar-refractivity contribution is 5.78. The number of hydrogen-bond acceptors (Lipinski definition) is 1. The number of aliphatic imine (C=N–C) groups is 1. The van der Waals surface area contributed by atoms with Crippen molar-refractivity contribution in [3.05, 3.63) is 40.7 Å². The van der Waals surface area contributed by atoms with Crippen molar-refractivity contribution in [3.8, 4) is 0 Å². The molecule has 84 valence electrons. The lowest BCUT2D eigenvalue weighted by molar-refractivity contribution is 0.538. The summed E-state index contributed by atoms with van der Waals surface area (Å²) in [6, 6.07) is 1.34. The molecule has 16 heavy (non-hydrogen) atoms. The monoisotopic (exact) mass is 225 g/mol. The highest BCUT2D eigenvalue weighted by Gasteiger charge is 2.18. The normalized spacial score (nSPS) is 15.8. The number of halogens is 3. The molecule has 0 radical (unpaired) electrons. The second kappa shape index (κ2) is 4.12. The van der Waals surface area contributed by atoms with Crippen molar-refractivity contribution in [2.45, 2.75) is 19.8 Å². The van der Waals surface area contributed by atoms with Crippen molar-refractivity contribution < 1.29 is 13.2 Å². The summed E-state index contributed by atoms with van der Waals surface area (Å²) >= 11 is 0. The van der Waals surface area contributed by atoms with Crippen LogP contribution in [0.3, 0.4) is 0 Å². The standard InChI is InChI=1S/C12H10F3N/c1-7-3-2-4-16-12(7)11-9(14)5-8(13)6-10(11)15/h4-6H,2-3H2,1H3. The molecule has 2 rings (SSSR count). The van der Waals surface area contributed by atoms with Gasteiger partial charge in [-0.1, -0.05) is 0 Å². The average Bonchev–Trinajstić information content (AvgIpc) is 2.19. The maximum absolute atomic E-state index is 13.5. The van der Waals surface area contributed by atoms with Crippen molar-refractivity contribution in [2.24, 2.45) is 4.99 Å². The molecule has 1 aliphatic rings. The van der Waals surface area contributed by atoms with Gasteiger partial charge < -0.3 is 0 Å². The molecule has 0 bridgehead atoms. The highest BCUT2D eigenvalue weighted by atomic mass is 19.1. The van der Waals surface area contributed by atoms with Crippen LogP contribution in [0.1, 0.15) is 25.3 Å². The predicted molar refractivity (Wildman–Crippen MR) is 56.6 cm³/mol. The van der Waals surface area contributed by atoms with Crippen molar-refractivity contribution >= 4 is 11.9 Å². The molecule has 1 nitrogen and oxygen atoms in total. The van der Waals surface area contributed by atoms with Gasteiger partial charge in [0.1, 0.15) is 17.5 Å². The summed E-state index contributed by atoms with van der Waals surface area (Å²) < 4.78 is 39.7. The van der Waals surface area contributed by atoms with Gasteiger partial charge in [0, 0.05) is 18.3 Å². The molecular formula is C12H10F3N. The fourth-order valence-corrected chi connectivity index (χ4v) is 1.71. The molecule has 0 saturated heterocycles. The smallest absolute Gasteiger partial charge is 0.138 e. The van der Waals surface area contributed by atoms with E-state index in [0.717, 1.165) is 18.4 Å². The minimum absolute atomic E-state index is 0.241. The SMILES string of the molecule is CC1=C(c2c(F)cc(F)cc2F)N=CCC1. The Morgan fingerprint density at radius 2 is 1.75 bits per heavy atom. The summed E-state index contributed by atoms with van der Waals surface area (Å²) in [5, 5.41) is 0. The first kappa shape index (κ1) is 10.9. The molecule has 1 aromatic rings. The van der Waals surface area contributed by atoms with Gasteiger partial charge in [-0.25, -0.2) is 13.2 Å². The molecule has 1 aliphatic heterocycles. The number of rotatable bonds is 1. The van der Waals surface area contributed by atoms with E-state index in [4.69, 9.17) is 0 Å². The summed E-state index contributed by atoms with van der Waals surface area (Å²) in [5.41, 5.74) is 0.850. The third-order valence-electron chi connectivity index (χ3n) is 2.52. The van der Waals surface area contributed by atoms with Gasteiger partial charge in [-0.05, 0) is 25.3 Å². The Morgan fingerprint density at radius 3 is 2.31 bits per heavy atom. The van der Waals surface area contributed by atoms with Gasteiger partial charge in [-0.2, -0.15) is 0 Å². The first-order valence-corrected chi connectivity index (χ1v) is 4.97. The van der Waals surface area contributed by atoms with Gasteiger partial charge in [0.2, 0.25) is 0 Å². The van der Waals surface area contributed by atoms with Gasteiger partial charge >= 0.3 is 0 Å². The van der Waals surface area contributed by atoms with Crippen LogP contribution in [0.25, 0.3) is 5.70 Å². The second-order valence-electron chi connectivity index (χ2n) is 3.72. The first-order chi connectivity index (χ1) is 7.59. The molecule has 0 N–H and O–H groups in total. The first-order valence-electron chi connectivity index (χ1n) is 4.97. The fraction of sp³-hybridized carbons (Fsp3) is 0.250. The zero-order chi connectivity index (χ0) is 11.7. The fourth-order valence-electron chi connectivity index (χ4n) is 1.71. The van der Waals surface area contributed by atoms with Crippen LogP contribution in [0.5, 0.6) is 0 Å².